The first kappa shape index (κ1) is 39.5. The van der Waals surface area contributed by atoms with E-state index < -0.39 is 0 Å². The van der Waals surface area contributed by atoms with Crippen LogP contribution in [0.2, 0.25) is 0 Å². The maximum Gasteiger partial charge on any atom is 0.162 e. The number of fused-ring (bicyclic) bond motifs is 3. The van der Waals surface area contributed by atoms with Crippen LogP contribution in [0.5, 0.6) is 0 Å². The van der Waals surface area contributed by atoms with E-state index >= 15 is 0 Å². The Hall–Kier alpha value is -2.92. The van der Waals surface area contributed by atoms with Crippen molar-refractivity contribution in [3.63, 3.8) is 0 Å². The molecule has 5 rings (SSSR count). The van der Waals surface area contributed by atoms with Crippen molar-refractivity contribution in [2.24, 2.45) is 17.8 Å². The molecule has 2 aromatic heterocycles. The Bertz CT molecular complexity index is 1870. The Morgan fingerprint density at radius 1 is 0.938 bits per heavy atom. The molecule has 0 aliphatic heterocycles. The van der Waals surface area contributed by atoms with E-state index in [1.54, 1.807) is 6.33 Å². The molecular weight excluding hydrogens is 789 g/mol. The molecule has 259 valence electrons. The molecule has 0 saturated carbocycles. The first-order valence-corrected chi connectivity index (χ1v) is 18.2. The second kappa shape index (κ2) is 17.1. The molecule has 0 saturated heterocycles. The van der Waals surface area contributed by atoms with Crippen LogP contribution in [0.4, 0.5) is 0 Å². The number of hydrogen-bond acceptors (Lipinski definition) is 5. The SMILES string of the molecule is CCC(CC)C(=O)/C=C(\O)C(CC)CC.Cc1c(CC(C)C)sc2c(-c3[c-]c4cc5ccccc5cc4c(C(C)(C)C)c3)ncnc12.[Ir]. The van der Waals surface area contributed by atoms with E-state index in [1.165, 1.54) is 42.9 Å². The molecule has 0 amide bonds. The van der Waals surface area contributed by atoms with Crippen LogP contribution in [0.3, 0.4) is 0 Å². The first-order valence-electron chi connectivity index (χ1n) is 17.4. The van der Waals surface area contributed by atoms with Gasteiger partial charge < -0.3 is 5.11 Å². The van der Waals surface area contributed by atoms with Gasteiger partial charge in [-0.3, -0.25) is 9.78 Å². The number of ketones is 1. The first-order chi connectivity index (χ1) is 22.3. The van der Waals surface area contributed by atoms with Gasteiger partial charge in [-0.2, -0.15) is 0 Å². The molecule has 4 nitrogen and oxygen atoms in total. The summed E-state index contributed by atoms with van der Waals surface area (Å²) in [5, 5.41) is 14.7. The fourth-order valence-corrected chi connectivity index (χ4v) is 7.80. The van der Waals surface area contributed by atoms with Gasteiger partial charge >= 0.3 is 0 Å². The summed E-state index contributed by atoms with van der Waals surface area (Å²) in [6.07, 6.45) is 7.70. The van der Waals surface area contributed by atoms with Crippen molar-refractivity contribution in [1.29, 1.82) is 0 Å². The number of aliphatic hydroxyl groups is 1. The molecule has 0 spiro atoms. The molecule has 0 fully saturated rings. The number of aromatic nitrogens is 2. The van der Waals surface area contributed by atoms with Crippen LogP contribution >= 0.6 is 11.3 Å². The molecule has 6 heteroatoms. The molecule has 0 aliphatic rings. The summed E-state index contributed by atoms with van der Waals surface area (Å²) in [5.74, 6) is 1.16. The summed E-state index contributed by atoms with van der Waals surface area (Å²) in [6, 6.07) is 19.2. The Kier molecular flexibility index (Phi) is 14.1. The van der Waals surface area contributed by atoms with Crippen LogP contribution in [0, 0.1) is 30.7 Å². The van der Waals surface area contributed by atoms with Crippen molar-refractivity contribution in [3.8, 4) is 11.3 Å². The van der Waals surface area contributed by atoms with E-state index in [4.69, 9.17) is 4.98 Å². The van der Waals surface area contributed by atoms with Gasteiger partial charge in [0.15, 0.2) is 5.78 Å². The number of aliphatic hydroxyl groups excluding tert-OH is 1. The Morgan fingerprint density at radius 2 is 1.54 bits per heavy atom. The largest absolute Gasteiger partial charge is 0.512 e. The molecule has 0 bridgehead atoms. The quantitative estimate of drug-likeness (QED) is 0.0658. The van der Waals surface area contributed by atoms with E-state index in [0.717, 1.165) is 54.3 Å². The molecule has 1 radical (unpaired) electrons. The zero-order valence-corrected chi connectivity index (χ0v) is 33.7. The second-order valence-corrected chi connectivity index (χ2v) is 15.3. The van der Waals surface area contributed by atoms with Gasteiger partial charge in [0.2, 0.25) is 0 Å². The van der Waals surface area contributed by atoms with Crippen molar-refractivity contribution in [2.45, 2.75) is 107 Å². The summed E-state index contributed by atoms with van der Waals surface area (Å²) >= 11 is 1.85. The minimum atomic E-state index is 0. The van der Waals surface area contributed by atoms with E-state index in [2.05, 4.69) is 95.1 Å². The van der Waals surface area contributed by atoms with E-state index in [9.17, 15) is 9.90 Å². The van der Waals surface area contributed by atoms with Crippen molar-refractivity contribution in [1.82, 2.24) is 9.97 Å². The molecule has 0 atom stereocenters. The summed E-state index contributed by atoms with van der Waals surface area (Å²) in [4.78, 5) is 22.6. The third-order valence-corrected chi connectivity index (χ3v) is 10.6. The predicted octanol–water partition coefficient (Wildman–Crippen LogP) is 12.1. The fourth-order valence-electron chi connectivity index (χ4n) is 6.32. The van der Waals surface area contributed by atoms with Crippen LogP contribution < -0.4 is 0 Å². The standard InChI is InChI=1S/C29H29N2S.C13H24O2.Ir/c1-17(2)11-25-18(3)26-28(32-25)27(31-16-30-26)22-13-21-12-19-9-7-8-10-20(19)14-23(21)24(15-22)29(4,5)6;1-5-10(6-2)12(14)9-13(15)11(7-3)8-4;/h7-10,12,14-17H,11H2,1-6H3;9-11,14H,5-8H2,1-4H3;/q-1;;/b;12-9-;. The van der Waals surface area contributed by atoms with Crippen LogP contribution in [0.25, 0.3) is 43.0 Å². The Balaban J connectivity index is 0.000000334. The van der Waals surface area contributed by atoms with Gasteiger partial charge in [0.05, 0.1) is 11.3 Å². The smallest absolute Gasteiger partial charge is 0.162 e. The average Bonchev–Trinajstić information content (AvgIpc) is 3.34. The van der Waals surface area contributed by atoms with Gasteiger partial charge in [-0.15, -0.1) is 40.5 Å². The average molecular weight is 842 g/mol. The topological polar surface area (TPSA) is 63.1 Å². The third-order valence-electron chi connectivity index (χ3n) is 9.28. The van der Waals surface area contributed by atoms with Gasteiger partial charge in [-0.05, 0) is 61.3 Å². The maximum atomic E-state index is 11.7. The molecule has 0 aliphatic carbocycles. The maximum absolute atomic E-state index is 11.7. The van der Waals surface area contributed by atoms with Crippen molar-refractivity contribution in [2.75, 3.05) is 0 Å². The zero-order chi connectivity index (χ0) is 34.5. The second-order valence-electron chi connectivity index (χ2n) is 14.2. The minimum absolute atomic E-state index is 0. The molecule has 0 unspecified atom stereocenters. The van der Waals surface area contributed by atoms with Crippen LogP contribution in [0.15, 0.2) is 60.6 Å². The monoisotopic (exact) mass is 842 g/mol. The summed E-state index contributed by atoms with van der Waals surface area (Å²) in [6.45, 7) is 21.7. The van der Waals surface area contributed by atoms with Crippen molar-refractivity contribution in [3.05, 3.63) is 82.7 Å². The van der Waals surface area contributed by atoms with E-state index in [0.29, 0.717) is 5.92 Å². The molecule has 2 heterocycles. The molecule has 1 N–H and O–H groups in total. The normalized spacial score (nSPS) is 12.2. The number of carbonyl (C=O) groups excluding carboxylic acids is 1. The molecule has 5 aromatic rings. The summed E-state index contributed by atoms with van der Waals surface area (Å²) in [7, 11) is 0. The van der Waals surface area contributed by atoms with Crippen molar-refractivity contribution >= 4 is 48.9 Å². The zero-order valence-electron chi connectivity index (χ0n) is 30.5. The molecular formula is C42H53IrN2O2S-. The number of aryl methyl sites for hydroxylation is 1. The van der Waals surface area contributed by atoms with Crippen LogP contribution in [-0.4, -0.2) is 20.9 Å². The van der Waals surface area contributed by atoms with Crippen LogP contribution in [-0.2, 0) is 36.7 Å². The van der Waals surface area contributed by atoms with E-state index in [1.807, 2.05) is 39.0 Å². The third kappa shape index (κ3) is 9.00. The van der Waals surface area contributed by atoms with E-state index in [-0.39, 0.29) is 48.9 Å². The van der Waals surface area contributed by atoms with Crippen LogP contribution in [0.1, 0.15) is 104 Å². The minimum Gasteiger partial charge on any atom is -0.512 e. The molecule has 3 aromatic carbocycles. The number of nitrogens with zero attached hydrogens (tertiary/aromatic N) is 2. The number of hydrogen-bond donors (Lipinski definition) is 1. The Labute approximate surface area is 305 Å². The van der Waals surface area contributed by atoms with Gasteiger partial charge in [-0.1, -0.05) is 109 Å². The summed E-state index contributed by atoms with van der Waals surface area (Å²) < 4.78 is 1.18. The number of benzene rings is 3. The van der Waals surface area contributed by atoms with Gasteiger partial charge in [0, 0.05) is 53.3 Å². The number of allylic oxidation sites excluding steroid dienone is 2. The predicted molar refractivity (Wildman–Crippen MR) is 203 cm³/mol. The Morgan fingerprint density at radius 3 is 2.10 bits per heavy atom. The molecule has 48 heavy (non-hydrogen) atoms. The van der Waals surface area contributed by atoms with Gasteiger partial charge in [0.1, 0.15) is 6.33 Å². The summed E-state index contributed by atoms with van der Waals surface area (Å²) in [5.41, 5.74) is 5.77. The van der Waals surface area contributed by atoms with Gasteiger partial charge in [-0.25, -0.2) is 4.98 Å². The van der Waals surface area contributed by atoms with Crippen molar-refractivity contribution < 1.29 is 30.0 Å². The number of rotatable bonds is 10. The van der Waals surface area contributed by atoms with Gasteiger partial charge in [0.25, 0.3) is 0 Å². The number of carbonyl (C=O) groups is 1. The fraction of sp³-hybridized carbons (Fsp3) is 0.452. The number of thiophene rings is 1.